The van der Waals surface area contributed by atoms with Gasteiger partial charge in [0, 0.05) is 12.6 Å². The first kappa shape index (κ1) is 11.4. The Balaban J connectivity index is 1.85. The molecule has 0 atom stereocenters. The second kappa shape index (κ2) is 4.89. The molecule has 0 saturated heterocycles. The summed E-state index contributed by atoms with van der Waals surface area (Å²) in [5, 5.41) is 18.6. The number of hydrogen-bond acceptors (Lipinski definition) is 4. The third-order valence-electron chi connectivity index (χ3n) is 2.79. The lowest BCUT2D eigenvalue weighted by molar-refractivity contribution is -0.641. The Kier molecular flexibility index (Phi) is 2.94. The highest BCUT2D eigenvalue weighted by Gasteiger charge is 2.09. The van der Waals surface area contributed by atoms with Gasteiger partial charge >= 0.3 is 0 Å². The highest BCUT2D eigenvalue weighted by Crippen LogP contribution is 2.08. The van der Waals surface area contributed by atoms with E-state index in [2.05, 4.69) is 15.4 Å². The van der Waals surface area contributed by atoms with Crippen LogP contribution in [0.1, 0.15) is 5.56 Å². The average molecular weight is 252 g/mol. The number of aromatic nitrogens is 3. The summed E-state index contributed by atoms with van der Waals surface area (Å²) in [5.41, 5.74) is 2.20. The van der Waals surface area contributed by atoms with Crippen LogP contribution in [0.15, 0.2) is 54.6 Å². The normalized spacial score (nSPS) is 10.5. The molecule has 0 aliphatic carbocycles. The topological polar surface area (TPSA) is 64.8 Å². The zero-order valence-electron chi connectivity index (χ0n) is 10.2. The molecule has 1 heterocycles. The summed E-state index contributed by atoms with van der Waals surface area (Å²) in [6, 6.07) is 17.0. The molecular weight excluding hydrogens is 240 g/mol. The molecule has 0 saturated carbocycles. The molecule has 0 spiro atoms. The van der Waals surface area contributed by atoms with Crippen molar-refractivity contribution >= 4 is 17.0 Å². The molecule has 0 aliphatic rings. The van der Waals surface area contributed by atoms with Gasteiger partial charge in [-0.25, -0.2) is 4.98 Å². The summed E-state index contributed by atoms with van der Waals surface area (Å²) in [5.74, 6) is 0.331. The molecule has 19 heavy (non-hydrogen) atoms. The van der Waals surface area contributed by atoms with Crippen molar-refractivity contribution in [2.75, 3.05) is 5.32 Å². The van der Waals surface area contributed by atoms with E-state index in [-0.39, 0.29) is 0 Å². The van der Waals surface area contributed by atoms with Gasteiger partial charge in [-0.1, -0.05) is 42.5 Å². The van der Waals surface area contributed by atoms with E-state index in [4.69, 9.17) is 0 Å². The van der Waals surface area contributed by atoms with Gasteiger partial charge in [0.05, 0.1) is 5.10 Å². The van der Waals surface area contributed by atoms with E-state index < -0.39 is 0 Å². The molecule has 0 bridgehead atoms. The van der Waals surface area contributed by atoms with Gasteiger partial charge in [0.1, 0.15) is 5.52 Å². The molecule has 0 fully saturated rings. The predicted octanol–water partition coefficient (Wildman–Crippen LogP) is 1.88. The second-order valence-electron chi connectivity index (χ2n) is 4.14. The molecule has 3 aromatic rings. The maximum absolute atomic E-state index is 11.7. The lowest BCUT2D eigenvalue weighted by Gasteiger charge is -2.05. The second-order valence-corrected chi connectivity index (χ2v) is 4.14. The Morgan fingerprint density at radius 1 is 1.00 bits per heavy atom. The van der Waals surface area contributed by atoms with E-state index in [1.165, 1.54) is 0 Å². The van der Waals surface area contributed by atoms with Gasteiger partial charge < -0.3 is 10.5 Å². The van der Waals surface area contributed by atoms with Crippen molar-refractivity contribution in [2.24, 2.45) is 0 Å². The number of anilines is 1. The lowest BCUT2D eigenvalue weighted by Crippen LogP contribution is -2.33. The van der Waals surface area contributed by atoms with Crippen molar-refractivity contribution in [2.45, 2.75) is 6.54 Å². The number of nitrogens with zero attached hydrogens (tertiary/aromatic N) is 3. The maximum atomic E-state index is 11.7. The number of nitrogens with one attached hydrogen (secondary N) is 1. The smallest absolute Gasteiger partial charge is 0.290 e. The standard InChI is InChI=1S/C14H12N4O/c19-18-13-9-5-4-8-12(13)16-14(17-18)15-10-11-6-2-1-3-7-11/h1-9H,10H2,(H,15,16,17). The SMILES string of the molecule is [O-][n+]1nc(NCc2ccccc2)nc2ccccc21. The van der Waals surface area contributed by atoms with Gasteiger partial charge in [-0.2, -0.15) is 0 Å². The summed E-state index contributed by atoms with van der Waals surface area (Å²) >= 11 is 0. The Hall–Kier alpha value is -2.69. The van der Waals surface area contributed by atoms with Gasteiger partial charge in [0.2, 0.25) is 0 Å². The summed E-state index contributed by atoms with van der Waals surface area (Å²) in [4.78, 5) is 4.90. The van der Waals surface area contributed by atoms with Crippen molar-refractivity contribution in [3.8, 4) is 0 Å². The molecule has 0 amide bonds. The van der Waals surface area contributed by atoms with E-state index >= 15 is 0 Å². The van der Waals surface area contributed by atoms with E-state index in [0.29, 0.717) is 28.4 Å². The zero-order chi connectivity index (χ0) is 13.1. The molecule has 2 aromatic carbocycles. The Labute approximate surface area is 110 Å². The largest absolute Gasteiger partial charge is 0.594 e. The first-order valence-electron chi connectivity index (χ1n) is 5.97. The van der Waals surface area contributed by atoms with Gasteiger partial charge in [-0.3, -0.25) is 0 Å². The zero-order valence-corrected chi connectivity index (χ0v) is 10.2. The fraction of sp³-hybridized carbons (Fsp3) is 0.0714. The van der Waals surface area contributed by atoms with Crippen LogP contribution in [0, 0.1) is 5.21 Å². The molecule has 94 valence electrons. The lowest BCUT2D eigenvalue weighted by atomic mass is 10.2. The number of benzene rings is 2. The van der Waals surface area contributed by atoms with Crippen LogP contribution in [0.2, 0.25) is 0 Å². The van der Waals surface area contributed by atoms with E-state index in [0.717, 1.165) is 5.56 Å². The Bertz CT molecular complexity index is 700. The summed E-state index contributed by atoms with van der Waals surface area (Å²) < 4.78 is 0. The van der Waals surface area contributed by atoms with Crippen LogP contribution in [0.3, 0.4) is 0 Å². The molecule has 0 unspecified atom stereocenters. The van der Waals surface area contributed by atoms with E-state index in [9.17, 15) is 5.21 Å². The van der Waals surface area contributed by atoms with Crippen LogP contribution in [0.25, 0.3) is 11.0 Å². The minimum absolute atomic E-state index is 0.331. The highest BCUT2D eigenvalue weighted by molar-refractivity contribution is 5.71. The third-order valence-corrected chi connectivity index (χ3v) is 2.79. The molecule has 5 nitrogen and oxygen atoms in total. The fourth-order valence-electron chi connectivity index (χ4n) is 1.85. The molecule has 1 aromatic heterocycles. The number of fused-ring (bicyclic) bond motifs is 1. The fourth-order valence-corrected chi connectivity index (χ4v) is 1.85. The number of rotatable bonds is 3. The Morgan fingerprint density at radius 2 is 1.74 bits per heavy atom. The quantitative estimate of drug-likeness (QED) is 0.571. The van der Waals surface area contributed by atoms with Crippen LogP contribution >= 0.6 is 0 Å². The minimum atomic E-state index is 0.331. The third kappa shape index (κ3) is 2.44. The van der Waals surface area contributed by atoms with Crippen molar-refractivity contribution in [1.29, 1.82) is 0 Å². The van der Waals surface area contributed by atoms with Crippen LogP contribution in [0.5, 0.6) is 0 Å². The van der Waals surface area contributed by atoms with Gasteiger partial charge in [-0.15, -0.1) is 0 Å². The summed E-state index contributed by atoms with van der Waals surface area (Å²) in [6.45, 7) is 0.583. The van der Waals surface area contributed by atoms with E-state index in [1.54, 1.807) is 18.2 Å². The molecule has 0 radical (unpaired) electrons. The van der Waals surface area contributed by atoms with Crippen molar-refractivity contribution in [3.63, 3.8) is 0 Å². The van der Waals surface area contributed by atoms with Crippen molar-refractivity contribution in [3.05, 3.63) is 65.4 Å². The molecule has 1 N–H and O–H groups in total. The first-order chi connectivity index (χ1) is 9.33. The molecule has 3 rings (SSSR count). The van der Waals surface area contributed by atoms with Crippen LogP contribution < -0.4 is 10.2 Å². The predicted molar refractivity (Wildman–Crippen MR) is 72.3 cm³/mol. The highest BCUT2D eigenvalue weighted by atomic mass is 16.5. The van der Waals surface area contributed by atoms with Gasteiger partial charge in [-0.05, 0) is 16.5 Å². The van der Waals surface area contributed by atoms with Crippen LogP contribution in [0.4, 0.5) is 5.95 Å². The van der Waals surface area contributed by atoms with Crippen LogP contribution in [-0.4, -0.2) is 10.1 Å². The molecule has 5 heteroatoms. The molecular formula is C14H12N4O. The first-order valence-corrected chi connectivity index (χ1v) is 5.97. The average Bonchev–Trinajstić information content (AvgIpc) is 2.46. The van der Waals surface area contributed by atoms with Crippen LogP contribution in [-0.2, 0) is 6.54 Å². The van der Waals surface area contributed by atoms with Crippen molar-refractivity contribution in [1.82, 2.24) is 10.1 Å². The summed E-state index contributed by atoms with van der Waals surface area (Å²) in [7, 11) is 0. The number of hydrogen-bond donors (Lipinski definition) is 1. The van der Waals surface area contributed by atoms with Gasteiger partial charge in [0.15, 0.2) is 0 Å². The Morgan fingerprint density at radius 3 is 2.58 bits per heavy atom. The summed E-state index contributed by atoms with van der Waals surface area (Å²) in [6.07, 6.45) is 0. The van der Waals surface area contributed by atoms with E-state index in [1.807, 2.05) is 36.4 Å². The van der Waals surface area contributed by atoms with Crippen molar-refractivity contribution < 1.29 is 4.85 Å². The maximum Gasteiger partial charge on any atom is 0.290 e. The minimum Gasteiger partial charge on any atom is -0.594 e. The number of para-hydroxylation sites is 2. The molecule has 0 aliphatic heterocycles. The monoisotopic (exact) mass is 252 g/mol. The van der Waals surface area contributed by atoms with Gasteiger partial charge in [0.25, 0.3) is 11.5 Å².